The average molecular weight is 313 g/mol. The van der Waals surface area contributed by atoms with Gasteiger partial charge in [0.1, 0.15) is 6.04 Å². The molecule has 0 unspecified atom stereocenters. The number of piperidine rings is 1. The minimum Gasteiger partial charge on any atom is -0.337 e. The SMILES string of the molecule is CC(C)(C)C(=O)N1CCCC[C@H]1c1nc(-c2ccccc2)no1. The highest BCUT2D eigenvalue weighted by atomic mass is 16.5. The van der Waals surface area contributed by atoms with Crippen molar-refractivity contribution in [3.05, 3.63) is 36.2 Å². The number of likely N-dealkylation sites (tertiary alicyclic amines) is 1. The van der Waals surface area contributed by atoms with E-state index in [0.29, 0.717) is 11.7 Å². The van der Waals surface area contributed by atoms with Gasteiger partial charge < -0.3 is 9.42 Å². The van der Waals surface area contributed by atoms with Crippen LogP contribution < -0.4 is 0 Å². The van der Waals surface area contributed by atoms with E-state index in [1.807, 2.05) is 56.0 Å². The van der Waals surface area contributed by atoms with Gasteiger partial charge >= 0.3 is 0 Å². The number of amides is 1. The second-order valence-electron chi connectivity index (χ2n) is 7.08. The molecule has 1 aliphatic rings. The maximum Gasteiger partial charge on any atom is 0.249 e. The summed E-state index contributed by atoms with van der Waals surface area (Å²) in [7, 11) is 0. The molecule has 3 rings (SSSR count). The summed E-state index contributed by atoms with van der Waals surface area (Å²) in [5.74, 6) is 1.26. The highest BCUT2D eigenvalue weighted by molar-refractivity contribution is 5.82. The van der Waals surface area contributed by atoms with E-state index in [4.69, 9.17) is 4.52 Å². The number of nitrogens with zero attached hydrogens (tertiary/aromatic N) is 3. The molecule has 2 aromatic rings. The molecule has 0 radical (unpaired) electrons. The predicted molar refractivity (Wildman–Crippen MR) is 87.5 cm³/mol. The Kier molecular flexibility index (Phi) is 4.20. The number of rotatable bonds is 2. The van der Waals surface area contributed by atoms with Crippen molar-refractivity contribution in [2.75, 3.05) is 6.54 Å². The van der Waals surface area contributed by atoms with Gasteiger partial charge in [-0.05, 0) is 19.3 Å². The van der Waals surface area contributed by atoms with Crippen LogP contribution in [0.15, 0.2) is 34.9 Å². The molecule has 122 valence electrons. The lowest BCUT2D eigenvalue weighted by Crippen LogP contribution is -2.44. The van der Waals surface area contributed by atoms with Gasteiger partial charge in [0, 0.05) is 17.5 Å². The van der Waals surface area contributed by atoms with E-state index in [1.165, 1.54) is 0 Å². The van der Waals surface area contributed by atoms with Crippen molar-refractivity contribution in [2.24, 2.45) is 5.41 Å². The van der Waals surface area contributed by atoms with Crippen LogP contribution in [0.1, 0.15) is 52.0 Å². The number of carbonyl (C=O) groups excluding carboxylic acids is 1. The Balaban J connectivity index is 1.87. The number of carbonyl (C=O) groups is 1. The van der Waals surface area contributed by atoms with Crippen LogP contribution in [0.25, 0.3) is 11.4 Å². The van der Waals surface area contributed by atoms with Crippen molar-refractivity contribution in [1.82, 2.24) is 15.0 Å². The Labute approximate surface area is 136 Å². The number of hydrogen-bond donors (Lipinski definition) is 0. The van der Waals surface area contributed by atoms with E-state index in [0.717, 1.165) is 31.4 Å². The van der Waals surface area contributed by atoms with E-state index in [2.05, 4.69) is 10.1 Å². The monoisotopic (exact) mass is 313 g/mol. The summed E-state index contributed by atoms with van der Waals surface area (Å²) < 4.78 is 5.50. The first-order valence-electron chi connectivity index (χ1n) is 8.17. The lowest BCUT2D eigenvalue weighted by Gasteiger charge is -2.37. The van der Waals surface area contributed by atoms with Crippen LogP contribution in [-0.4, -0.2) is 27.5 Å². The van der Waals surface area contributed by atoms with Gasteiger partial charge in [-0.25, -0.2) is 0 Å². The molecule has 23 heavy (non-hydrogen) atoms. The third-order valence-electron chi connectivity index (χ3n) is 4.16. The van der Waals surface area contributed by atoms with Crippen molar-refractivity contribution in [2.45, 2.75) is 46.1 Å². The van der Waals surface area contributed by atoms with Gasteiger partial charge in [-0.15, -0.1) is 0 Å². The first kappa shape index (κ1) is 15.7. The van der Waals surface area contributed by atoms with Crippen LogP contribution in [0, 0.1) is 5.41 Å². The molecule has 1 amide bonds. The van der Waals surface area contributed by atoms with Crippen molar-refractivity contribution in [3.8, 4) is 11.4 Å². The number of hydrogen-bond acceptors (Lipinski definition) is 4. The first-order valence-corrected chi connectivity index (χ1v) is 8.17. The van der Waals surface area contributed by atoms with E-state index >= 15 is 0 Å². The zero-order valence-electron chi connectivity index (χ0n) is 14.0. The summed E-state index contributed by atoms with van der Waals surface area (Å²) in [6, 6.07) is 9.64. The summed E-state index contributed by atoms with van der Waals surface area (Å²) >= 11 is 0. The Bertz CT molecular complexity index is 673. The molecule has 1 aromatic heterocycles. The molecule has 5 heteroatoms. The van der Waals surface area contributed by atoms with E-state index in [1.54, 1.807) is 0 Å². The summed E-state index contributed by atoms with van der Waals surface area (Å²) in [4.78, 5) is 19.2. The topological polar surface area (TPSA) is 59.2 Å². The minimum absolute atomic E-state index is 0.111. The summed E-state index contributed by atoms with van der Waals surface area (Å²) in [5.41, 5.74) is 0.518. The summed E-state index contributed by atoms with van der Waals surface area (Å²) in [6.07, 6.45) is 2.97. The molecule has 0 saturated carbocycles. The van der Waals surface area contributed by atoms with Gasteiger partial charge in [0.2, 0.25) is 17.6 Å². The zero-order valence-corrected chi connectivity index (χ0v) is 14.0. The third kappa shape index (κ3) is 3.28. The fourth-order valence-corrected chi connectivity index (χ4v) is 2.94. The third-order valence-corrected chi connectivity index (χ3v) is 4.16. The van der Waals surface area contributed by atoms with Gasteiger partial charge in [-0.1, -0.05) is 56.3 Å². The van der Waals surface area contributed by atoms with Gasteiger partial charge in [0.25, 0.3) is 0 Å². The molecule has 2 heterocycles. The molecule has 1 saturated heterocycles. The first-order chi connectivity index (χ1) is 11.0. The number of aromatic nitrogens is 2. The van der Waals surface area contributed by atoms with Crippen LogP contribution in [0.4, 0.5) is 0 Å². The fourth-order valence-electron chi connectivity index (χ4n) is 2.94. The lowest BCUT2D eigenvalue weighted by atomic mass is 9.91. The van der Waals surface area contributed by atoms with Crippen molar-refractivity contribution < 1.29 is 9.32 Å². The summed E-state index contributed by atoms with van der Waals surface area (Å²) in [5, 5.41) is 4.09. The van der Waals surface area contributed by atoms with Crippen LogP contribution in [0.3, 0.4) is 0 Å². The smallest absolute Gasteiger partial charge is 0.249 e. The van der Waals surface area contributed by atoms with Crippen LogP contribution >= 0.6 is 0 Å². The second kappa shape index (κ2) is 6.14. The van der Waals surface area contributed by atoms with Gasteiger partial charge in [-0.2, -0.15) is 4.98 Å². The lowest BCUT2D eigenvalue weighted by molar-refractivity contribution is -0.144. The maximum atomic E-state index is 12.7. The highest BCUT2D eigenvalue weighted by Gasteiger charge is 2.36. The molecule has 1 aromatic carbocycles. The molecule has 0 aliphatic carbocycles. The Morgan fingerprint density at radius 3 is 2.65 bits per heavy atom. The average Bonchev–Trinajstić information content (AvgIpc) is 3.04. The van der Waals surface area contributed by atoms with Gasteiger partial charge in [0.05, 0.1) is 0 Å². The standard InChI is InChI=1S/C18H23N3O2/c1-18(2,3)17(22)21-12-8-7-11-14(21)16-19-15(20-23-16)13-9-5-4-6-10-13/h4-6,9-10,14H,7-8,11-12H2,1-3H3/t14-/m0/s1. The van der Waals surface area contributed by atoms with Crippen molar-refractivity contribution in [1.29, 1.82) is 0 Å². The molecule has 1 aliphatic heterocycles. The molecule has 0 N–H and O–H groups in total. The highest BCUT2D eigenvalue weighted by Crippen LogP contribution is 2.34. The summed E-state index contributed by atoms with van der Waals surface area (Å²) in [6.45, 7) is 6.60. The molecular weight excluding hydrogens is 290 g/mol. The van der Waals surface area contributed by atoms with Crippen molar-refractivity contribution >= 4 is 5.91 Å². The molecule has 1 atom stereocenters. The normalized spacial score (nSPS) is 18.9. The van der Waals surface area contributed by atoms with E-state index < -0.39 is 5.41 Å². The molecule has 1 fully saturated rings. The molecular formula is C18H23N3O2. The zero-order chi connectivity index (χ0) is 16.4. The molecule has 0 bridgehead atoms. The van der Waals surface area contributed by atoms with Crippen molar-refractivity contribution in [3.63, 3.8) is 0 Å². The fraction of sp³-hybridized carbons (Fsp3) is 0.500. The quantitative estimate of drug-likeness (QED) is 0.845. The van der Waals surface area contributed by atoms with Crippen LogP contribution in [-0.2, 0) is 4.79 Å². The molecule has 0 spiro atoms. The largest absolute Gasteiger partial charge is 0.337 e. The Morgan fingerprint density at radius 1 is 1.22 bits per heavy atom. The minimum atomic E-state index is -0.405. The Morgan fingerprint density at radius 2 is 1.96 bits per heavy atom. The van der Waals surface area contributed by atoms with E-state index in [-0.39, 0.29) is 11.9 Å². The molecule has 5 nitrogen and oxygen atoms in total. The van der Waals surface area contributed by atoms with Crippen LogP contribution in [0.2, 0.25) is 0 Å². The maximum absolute atomic E-state index is 12.7. The van der Waals surface area contributed by atoms with Gasteiger partial charge in [0.15, 0.2) is 0 Å². The Hall–Kier alpha value is -2.17. The van der Waals surface area contributed by atoms with Crippen LogP contribution in [0.5, 0.6) is 0 Å². The number of benzene rings is 1. The van der Waals surface area contributed by atoms with Gasteiger partial charge in [-0.3, -0.25) is 4.79 Å². The van der Waals surface area contributed by atoms with E-state index in [9.17, 15) is 4.79 Å². The predicted octanol–water partition coefficient (Wildman–Crippen LogP) is 3.84. The second-order valence-corrected chi connectivity index (χ2v) is 7.08.